The molecule has 2 aromatic heterocycles. The van der Waals surface area contributed by atoms with Crippen LogP contribution in [0.25, 0.3) is 11.2 Å². The zero-order chi connectivity index (χ0) is 30.7. The first kappa shape index (κ1) is 29.1. The molecule has 2 aliphatic rings. The molecule has 1 N–H and O–H groups in total. The Morgan fingerprint density at radius 2 is 1.91 bits per heavy atom. The van der Waals surface area contributed by atoms with E-state index in [9.17, 15) is 19.6 Å². The van der Waals surface area contributed by atoms with Gasteiger partial charge in [0.2, 0.25) is 0 Å². The second-order valence-electron chi connectivity index (χ2n) is 11.6. The van der Waals surface area contributed by atoms with Gasteiger partial charge in [0, 0.05) is 31.5 Å². The zero-order valence-corrected chi connectivity index (χ0v) is 24.1. The maximum absolute atomic E-state index is 14.2. The molecule has 0 unspecified atom stereocenters. The van der Waals surface area contributed by atoms with E-state index in [4.69, 9.17) is 19.7 Å². The molecular formula is C33H31FN6O4. The first-order valence-corrected chi connectivity index (χ1v) is 14.6. The third kappa shape index (κ3) is 6.48. The van der Waals surface area contributed by atoms with Crippen LogP contribution in [0.1, 0.15) is 59.5 Å². The van der Waals surface area contributed by atoms with Gasteiger partial charge in [-0.1, -0.05) is 12.1 Å². The van der Waals surface area contributed by atoms with Crippen LogP contribution in [-0.2, 0) is 19.7 Å². The molecule has 0 amide bonds. The fourth-order valence-corrected chi connectivity index (χ4v) is 5.66. The number of nitriles is 2. The number of piperidine rings is 1. The number of rotatable bonds is 11. The summed E-state index contributed by atoms with van der Waals surface area (Å²) in [6.07, 6.45) is 4.03. The maximum atomic E-state index is 14.2. The van der Waals surface area contributed by atoms with Crippen molar-refractivity contribution in [1.29, 1.82) is 10.5 Å². The lowest BCUT2D eigenvalue weighted by Crippen LogP contribution is -2.38. The highest BCUT2D eigenvalue weighted by atomic mass is 19.1. The standard InChI is InChI=1S/C33H31FN6O4/c34-26-17-22(18-36)4-7-29(26)43-20-23-2-1-3-25(16-23)44-24-8-14-39(15-9-24)19-30-37-27-5-6-28(32(41)42)38-31(27)40(30)21-33(10-11-33)12-13-35/h1-7,16-17,24H,8-12,14-15,19-21H2,(H,41,42). The quantitative estimate of drug-likeness (QED) is 0.240. The van der Waals surface area contributed by atoms with E-state index in [2.05, 4.69) is 16.0 Å². The fraction of sp³-hybridized carbons (Fsp3) is 0.364. The summed E-state index contributed by atoms with van der Waals surface area (Å²) < 4.78 is 28.1. The lowest BCUT2D eigenvalue weighted by atomic mass is 10.0. The number of nitrogens with zero attached hydrogens (tertiary/aromatic N) is 6. The van der Waals surface area contributed by atoms with E-state index in [-0.39, 0.29) is 35.1 Å². The lowest BCUT2D eigenvalue weighted by molar-refractivity contribution is 0.0691. The number of imidazole rings is 1. The van der Waals surface area contributed by atoms with Crippen LogP contribution < -0.4 is 9.47 Å². The summed E-state index contributed by atoms with van der Waals surface area (Å²) in [5, 5.41) is 27.8. The van der Waals surface area contributed by atoms with Crippen molar-refractivity contribution in [3.05, 3.63) is 83.1 Å². The minimum Gasteiger partial charge on any atom is -0.490 e. The Balaban J connectivity index is 1.08. The van der Waals surface area contributed by atoms with Crippen molar-refractivity contribution in [2.24, 2.45) is 5.41 Å². The second kappa shape index (κ2) is 12.3. The van der Waals surface area contributed by atoms with Crippen molar-refractivity contribution in [2.75, 3.05) is 13.1 Å². The van der Waals surface area contributed by atoms with Gasteiger partial charge in [0.1, 0.15) is 29.8 Å². The fourth-order valence-electron chi connectivity index (χ4n) is 5.66. The highest BCUT2D eigenvalue weighted by molar-refractivity contribution is 5.88. The first-order chi connectivity index (χ1) is 21.3. The molecule has 2 aromatic carbocycles. The van der Waals surface area contributed by atoms with Crippen LogP contribution in [0.5, 0.6) is 11.5 Å². The van der Waals surface area contributed by atoms with Crippen molar-refractivity contribution in [1.82, 2.24) is 19.4 Å². The number of hydrogen-bond acceptors (Lipinski definition) is 8. The number of hydrogen-bond donors (Lipinski definition) is 1. The summed E-state index contributed by atoms with van der Waals surface area (Å²) in [7, 11) is 0. The average molecular weight is 595 g/mol. The van der Waals surface area contributed by atoms with Gasteiger partial charge in [-0.15, -0.1) is 0 Å². The first-order valence-electron chi connectivity index (χ1n) is 14.6. The summed E-state index contributed by atoms with van der Waals surface area (Å²) >= 11 is 0. The van der Waals surface area contributed by atoms with Gasteiger partial charge in [-0.3, -0.25) is 4.90 Å². The molecule has 6 rings (SSSR count). The maximum Gasteiger partial charge on any atom is 0.354 e. The van der Waals surface area contributed by atoms with Gasteiger partial charge in [-0.25, -0.2) is 19.2 Å². The molecule has 0 radical (unpaired) electrons. The van der Waals surface area contributed by atoms with Crippen molar-refractivity contribution in [3.8, 4) is 23.6 Å². The SMILES string of the molecule is N#CCC1(Cn2c(CN3CCC(Oc4cccc(COc5ccc(C#N)cc5F)c4)CC3)nc3ccc(C(=O)O)nc32)CC1. The normalized spacial score (nSPS) is 16.2. The Kier molecular flexibility index (Phi) is 8.14. The van der Waals surface area contributed by atoms with Crippen molar-refractivity contribution >= 4 is 17.1 Å². The third-order valence-electron chi connectivity index (χ3n) is 8.35. The second-order valence-corrected chi connectivity index (χ2v) is 11.6. The lowest BCUT2D eigenvalue weighted by Gasteiger charge is -2.32. The number of likely N-dealkylation sites (tertiary alicyclic amines) is 1. The van der Waals surface area contributed by atoms with Crippen molar-refractivity contribution in [2.45, 2.75) is 57.9 Å². The number of halogens is 1. The molecule has 1 aliphatic heterocycles. The molecule has 10 nitrogen and oxygen atoms in total. The number of carboxylic acid groups (broad SMARTS) is 1. The molecule has 1 saturated heterocycles. The Morgan fingerprint density at radius 1 is 1.09 bits per heavy atom. The molecule has 2 fully saturated rings. The topological polar surface area (TPSA) is 137 Å². The van der Waals surface area contributed by atoms with Gasteiger partial charge in [0.25, 0.3) is 0 Å². The predicted octanol–water partition coefficient (Wildman–Crippen LogP) is 5.46. The summed E-state index contributed by atoms with van der Waals surface area (Å²) in [6.45, 7) is 2.95. The minimum atomic E-state index is -1.08. The molecule has 0 spiro atoms. The smallest absolute Gasteiger partial charge is 0.354 e. The summed E-state index contributed by atoms with van der Waals surface area (Å²) in [6, 6.07) is 19.1. The van der Waals surface area contributed by atoms with Crippen LogP contribution in [0, 0.1) is 33.9 Å². The molecule has 3 heterocycles. The van der Waals surface area contributed by atoms with Gasteiger partial charge in [0.05, 0.1) is 24.2 Å². The predicted molar refractivity (Wildman–Crippen MR) is 157 cm³/mol. The van der Waals surface area contributed by atoms with E-state index in [1.165, 1.54) is 18.2 Å². The molecule has 44 heavy (non-hydrogen) atoms. The molecule has 0 atom stereocenters. The van der Waals surface area contributed by atoms with Gasteiger partial charge >= 0.3 is 5.97 Å². The van der Waals surface area contributed by atoms with E-state index in [1.54, 1.807) is 6.07 Å². The monoisotopic (exact) mass is 594 g/mol. The van der Waals surface area contributed by atoms with Gasteiger partial charge in [0.15, 0.2) is 22.9 Å². The number of fused-ring (bicyclic) bond motifs is 1. The largest absolute Gasteiger partial charge is 0.490 e. The van der Waals surface area contributed by atoms with Gasteiger partial charge in [-0.2, -0.15) is 10.5 Å². The Labute approximate surface area is 253 Å². The molecule has 0 bridgehead atoms. The number of benzene rings is 2. The number of aromatic carboxylic acids is 1. The van der Waals surface area contributed by atoms with Crippen LogP contribution in [0.15, 0.2) is 54.6 Å². The van der Waals surface area contributed by atoms with Crippen LogP contribution in [0.3, 0.4) is 0 Å². The van der Waals surface area contributed by atoms with Gasteiger partial charge < -0.3 is 19.1 Å². The molecule has 224 valence electrons. The average Bonchev–Trinajstić information content (AvgIpc) is 3.71. The number of ether oxygens (including phenoxy) is 2. The van der Waals surface area contributed by atoms with Crippen molar-refractivity contribution < 1.29 is 23.8 Å². The molecular weight excluding hydrogens is 563 g/mol. The summed E-state index contributed by atoms with van der Waals surface area (Å²) in [5.41, 5.74) is 2.16. The number of carbonyl (C=O) groups is 1. The highest BCUT2D eigenvalue weighted by Gasteiger charge is 2.43. The number of carboxylic acids is 1. The van der Waals surface area contributed by atoms with E-state index in [0.717, 1.165) is 62.0 Å². The van der Waals surface area contributed by atoms with Gasteiger partial charge in [-0.05, 0) is 73.7 Å². The van der Waals surface area contributed by atoms with E-state index in [0.29, 0.717) is 30.7 Å². The number of aromatic nitrogens is 3. The van der Waals surface area contributed by atoms with E-state index >= 15 is 0 Å². The van der Waals surface area contributed by atoms with Crippen LogP contribution in [0.4, 0.5) is 4.39 Å². The molecule has 4 aromatic rings. The van der Waals surface area contributed by atoms with Crippen LogP contribution >= 0.6 is 0 Å². The molecule has 1 aliphatic carbocycles. The molecule has 1 saturated carbocycles. The summed E-state index contributed by atoms with van der Waals surface area (Å²) in [5.74, 6) is -0.0233. The Morgan fingerprint density at radius 3 is 2.61 bits per heavy atom. The number of pyridine rings is 1. The van der Waals surface area contributed by atoms with E-state index < -0.39 is 11.8 Å². The Hall–Kier alpha value is -5.00. The molecule has 11 heteroatoms. The minimum absolute atomic E-state index is 0.0228. The highest BCUT2D eigenvalue weighted by Crippen LogP contribution is 2.50. The summed E-state index contributed by atoms with van der Waals surface area (Å²) in [4.78, 5) is 23.2. The zero-order valence-electron chi connectivity index (χ0n) is 24.1. The van der Waals surface area contributed by atoms with Crippen LogP contribution in [-0.4, -0.2) is 49.7 Å². The van der Waals surface area contributed by atoms with Crippen LogP contribution in [0.2, 0.25) is 0 Å². The Bertz CT molecular complexity index is 1780. The van der Waals surface area contributed by atoms with E-state index in [1.807, 2.05) is 34.9 Å². The third-order valence-corrected chi connectivity index (χ3v) is 8.35. The van der Waals surface area contributed by atoms with Crippen molar-refractivity contribution in [3.63, 3.8) is 0 Å².